The molecule has 1 saturated carbocycles. The zero-order chi connectivity index (χ0) is 19.9. The van der Waals surface area contributed by atoms with Crippen LogP contribution in [0.5, 0.6) is 5.75 Å². The normalized spacial score (nSPS) is 20.3. The molecule has 2 amide bonds. The summed E-state index contributed by atoms with van der Waals surface area (Å²) in [6, 6.07) is 6.08. The Morgan fingerprint density at radius 1 is 1.21 bits per heavy atom. The van der Waals surface area contributed by atoms with E-state index < -0.39 is 6.61 Å². The van der Waals surface area contributed by atoms with Crippen LogP contribution in [0.4, 0.5) is 13.6 Å². The van der Waals surface area contributed by atoms with E-state index in [-0.39, 0.29) is 23.9 Å². The number of rotatable bonds is 7. The third-order valence-electron chi connectivity index (χ3n) is 5.84. The minimum absolute atomic E-state index is 0.0937. The highest BCUT2D eigenvalue weighted by molar-refractivity contribution is 5.74. The molecule has 1 aromatic carbocycles. The predicted molar refractivity (Wildman–Crippen MR) is 105 cm³/mol. The van der Waals surface area contributed by atoms with Gasteiger partial charge in [0.2, 0.25) is 0 Å². The molecule has 2 fully saturated rings. The number of hydrogen-bond donors (Lipinski definition) is 2. The van der Waals surface area contributed by atoms with Crippen LogP contribution in [-0.4, -0.2) is 43.2 Å². The fourth-order valence-corrected chi connectivity index (χ4v) is 4.29. The van der Waals surface area contributed by atoms with Crippen LogP contribution >= 0.6 is 0 Å². The van der Waals surface area contributed by atoms with Crippen LogP contribution in [0, 0.1) is 5.92 Å². The van der Waals surface area contributed by atoms with Gasteiger partial charge in [-0.3, -0.25) is 0 Å². The Balaban J connectivity index is 1.40. The van der Waals surface area contributed by atoms with E-state index in [0.717, 1.165) is 37.4 Å². The first-order valence-corrected chi connectivity index (χ1v) is 10.3. The van der Waals surface area contributed by atoms with Crippen molar-refractivity contribution in [3.8, 4) is 5.75 Å². The summed E-state index contributed by atoms with van der Waals surface area (Å²) in [6.07, 6.45) is 7.40. The molecule has 1 aromatic rings. The fraction of sp³-hybridized carbons (Fsp3) is 0.667. The number of piperidine rings is 1. The van der Waals surface area contributed by atoms with Gasteiger partial charge in [-0.05, 0) is 56.2 Å². The molecule has 7 heteroatoms. The SMILES string of the molecule is C[C@@H](NC(=O)NC1CCN(CC2CCCC2)CC1)c1cccc(OC(F)F)c1. The third-order valence-corrected chi connectivity index (χ3v) is 5.84. The van der Waals surface area contributed by atoms with Crippen molar-refractivity contribution in [2.24, 2.45) is 5.92 Å². The Morgan fingerprint density at radius 2 is 1.93 bits per heavy atom. The highest BCUT2D eigenvalue weighted by Gasteiger charge is 2.24. The smallest absolute Gasteiger partial charge is 0.387 e. The Labute approximate surface area is 165 Å². The summed E-state index contributed by atoms with van der Waals surface area (Å²) in [7, 11) is 0. The number of urea groups is 1. The van der Waals surface area contributed by atoms with Gasteiger partial charge in [0.05, 0.1) is 6.04 Å². The van der Waals surface area contributed by atoms with Gasteiger partial charge in [-0.25, -0.2) is 4.79 Å². The monoisotopic (exact) mass is 395 g/mol. The number of hydrogen-bond acceptors (Lipinski definition) is 3. The maximum atomic E-state index is 12.4. The molecule has 3 rings (SSSR count). The van der Waals surface area contributed by atoms with Gasteiger partial charge in [0.25, 0.3) is 0 Å². The topological polar surface area (TPSA) is 53.6 Å². The van der Waals surface area contributed by atoms with Crippen molar-refractivity contribution in [3.63, 3.8) is 0 Å². The largest absolute Gasteiger partial charge is 0.435 e. The number of alkyl halides is 2. The molecular weight excluding hydrogens is 364 g/mol. The summed E-state index contributed by atoms with van der Waals surface area (Å²) in [4.78, 5) is 14.9. The number of nitrogens with zero attached hydrogens (tertiary/aromatic N) is 1. The molecule has 2 N–H and O–H groups in total. The summed E-state index contributed by atoms with van der Waals surface area (Å²) < 4.78 is 29.1. The molecule has 1 heterocycles. The number of amides is 2. The van der Waals surface area contributed by atoms with Gasteiger partial charge in [0, 0.05) is 25.7 Å². The number of carbonyl (C=O) groups is 1. The van der Waals surface area contributed by atoms with Gasteiger partial charge >= 0.3 is 12.6 Å². The van der Waals surface area contributed by atoms with Crippen LogP contribution in [0.2, 0.25) is 0 Å². The van der Waals surface area contributed by atoms with Crippen molar-refractivity contribution in [2.75, 3.05) is 19.6 Å². The number of carbonyl (C=O) groups excluding carboxylic acids is 1. The van der Waals surface area contributed by atoms with Crippen LogP contribution in [0.1, 0.15) is 57.1 Å². The zero-order valence-corrected chi connectivity index (χ0v) is 16.5. The van der Waals surface area contributed by atoms with Crippen molar-refractivity contribution >= 4 is 6.03 Å². The Hall–Kier alpha value is -1.89. The number of ether oxygens (including phenoxy) is 1. The van der Waals surface area contributed by atoms with Crippen molar-refractivity contribution < 1.29 is 18.3 Å². The van der Waals surface area contributed by atoms with Crippen molar-refractivity contribution in [2.45, 2.75) is 64.1 Å². The van der Waals surface area contributed by atoms with E-state index >= 15 is 0 Å². The standard InChI is InChI=1S/C21H31F2N3O2/c1-15(17-7-4-8-19(13-17)28-20(22)23)24-21(27)25-18-9-11-26(12-10-18)14-16-5-2-3-6-16/h4,7-8,13,15-16,18,20H,2-3,5-6,9-12,14H2,1H3,(H2,24,25,27)/t15-/m1/s1. The molecule has 0 radical (unpaired) electrons. The third kappa shape index (κ3) is 6.33. The van der Waals surface area contributed by atoms with Crippen molar-refractivity contribution in [3.05, 3.63) is 29.8 Å². The maximum Gasteiger partial charge on any atom is 0.387 e. The molecule has 156 valence electrons. The Morgan fingerprint density at radius 3 is 2.61 bits per heavy atom. The van der Waals surface area contributed by atoms with E-state index in [0.29, 0.717) is 0 Å². The number of benzene rings is 1. The van der Waals surface area contributed by atoms with E-state index in [4.69, 9.17) is 0 Å². The first kappa shape index (κ1) is 20.8. The predicted octanol–water partition coefficient (Wildman–Crippen LogP) is 4.30. The Bertz CT molecular complexity index is 630. The lowest BCUT2D eigenvalue weighted by molar-refractivity contribution is -0.0499. The van der Waals surface area contributed by atoms with Gasteiger partial charge in [0.1, 0.15) is 5.75 Å². The lowest BCUT2D eigenvalue weighted by Gasteiger charge is -2.34. The van der Waals surface area contributed by atoms with Crippen LogP contribution in [-0.2, 0) is 0 Å². The highest BCUT2D eigenvalue weighted by Crippen LogP contribution is 2.26. The molecule has 2 aliphatic rings. The molecule has 1 atom stereocenters. The average Bonchev–Trinajstić information content (AvgIpc) is 3.16. The van der Waals surface area contributed by atoms with E-state index in [1.54, 1.807) is 12.1 Å². The molecule has 0 unspecified atom stereocenters. The van der Waals surface area contributed by atoms with Crippen molar-refractivity contribution in [1.29, 1.82) is 0 Å². The van der Waals surface area contributed by atoms with Gasteiger partial charge in [-0.2, -0.15) is 8.78 Å². The van der Waals surface area contributed by atoms with E-state index in [1.807, 2.05) is 6.92 Å². The molecule has 1 aliphatic heterocycles. The van der Waals surface area contributed by atoms with Gasteiger partial charge < -0.3 is 20.3 Å². The van der Waals surface area contributed by atoms with Crippen LogP contribution in [0.25, 0.3) is 0 Å². The molecule has 0 bridgehead atoms. The van der Waals surface area contributed by atoms with Crippen LogP contribution < -0.4 is 15.4 Å². The lowest BCUT2D eigenvalue weighted by atomic mass is 10.0. The van der Waals surface area contributed by atoms with Crippen molar-refractivity contribution in [1.82, 2.24) is 15.5 Å². The second kappa shape index (κ2) is 10.0. The minimum Gasteiger partial charge on any atom is -0.435 e. The molecular formula is C21H31F2N3O2. The molecule has 1 saturated heterocycles. The van der Waals surface area contributed by atoms with Crippen LogP contribution in [0.3, 0.4) is 0 Å². The Kier molecular flexibility index (Phi) is 7.48. The maximum absolute atomic E-state index is 12.4. The molecule has 5 nitrogen and oxygen atoms in total. The molecule has 0 spiro atoms. The van der Waals surface area contributed by atoms with E-state index in [2.05, 4.69) is 20.3 Å². The summed E-state index contributed by atoms with van der Waals surface area (Å²) in [5.41, 5.74) is 0.722. The quantitative estimate of drug-likeness (QED) is 0.724. The number of likely N-dealkylation sites (tertiary alicyclic amines) is 1. The van der Waals surface area contributed by atoms with Gasteiger partial charge in [-0.15, -0.1) is 0 Å². The zero-order valence-electron chi connectivity index (χ0n) is 16.5. The first-order valence-electron chi connectivity index (χ1n) is 10.3. The molecule has 28 heavy (non-hydrogen) atoms. The fourth-order valence-electron chi connectivity index (χ4n) is 4.29. The van der Waals surface area contributed by atoms with Gasteiger partial charge in [0.15, 0.2) is 0 Å². The summed E-state index contributed by atoms with van der Waals surface area (Å²) >= 11 is 0. The average molecular weight is 395 g/mol. The minimum atomic E-state index is -2.86. The lowest BCUT2D eigenvalue weighted by Crippen LogP contribution is -2.48. The van der Waals surface area contributed by atoms with Gasteiger partial charge in [-0.1, -0.05) is 25.0 Å². The van der Waals surface area contributed by atoms with E-state index in [9.17, 15) is 13.6 Å². The summed E-state index contributed by atoms with van der Waals surface area (Å²) in [5.74, 6) is 0.953. The number of nitrogens with one attached hydrogen (secondary N) is 2. The molecule has 1 aliphatic carbocycles. The summed E-state index contributed by atoms with van der Waals surface area (Å²) in [5, 5.41) is 5.94. The second-order valence-electron chi connectivity index (χ2n) is 8.02. The molecule has 0 aromatic heterocycles. The van der Waals surface area contributed by atoms with E-state index in [1.165, 1.54) is 44.4 Å². The number of halogens is 2. The highest BCUT2D eigenvalue weighted by atomic mass is 19.3. The first-order chi connectivity index (χ1) is 13.5. The van der Waals surface area contributed by atoms with Crippen LogP contribution in [0.15, 0.2) is 24.3 Å². The second-order valence-corrected chi connectivity index (χ2v) is 8.02. The summed E-state index contributed by atoms with van der Waals surface area (Å²) in [6.45, 7) is 2.23.